The molecule has 3 aromatic rings. The number of carbonyl (C=O) groups excluding carboxylic acids is 1. The molecule has 0 radical (unpaired) electrons. The Kier molecular flexibility index (Phi) is 5.59. The molecule has 0 bridgehead atoms. The minimum absolute atomic E-state index is 0.153. The number of carbonyl (C=O) groups is 1. The van der Waals surface area contributed by atoms with Crippen LogP contribution in [0.25, 0.3) is 0 Å². The predicted octanol–water partition coefficient (Wildman–Crippen LogP) is 4.06. The molecular weight excluding hydrogens is 324 g/mol. The topological polar surface area (TPSA) is 58.1 Å². The summed E-state index contributed by atoms with van der Waals surface area (Å²) in [5, 5.41) is 11.4. The Hall–Kier alpha value is -3.21. The fourth-order valence-corrected chi connectivity index (χ4v) is 2.71. The molecule has 0 unspecified atom stereocenters. The van der Waals surface area contributed by atoms with Gasteiger partial charge in [-0.3, -0.25) is 4.79 Å². The van der Waals surface area contributed by atoms with Gasteiger partial charge in [0.05, 0.1) is 0 Å². The molecule has 0 aliphatic carbocycles. The molecule has 2 aromatic carbocycles. The average Bonchev–Trinajstić information content (AvgIpc) is 2.68. The lowest BCUT2D eigenvalue weighted by Gasteiger charge is -2.20. The number of aryl methyl sites for hydroxylation is 1. The maximum absolute atomic E-state index is 12.8. The van der Waals surface area contributed by atoms with E-state index in [1.54, 1.807) is 17.0 Å². The lowest BCUT2D eigenvalue weighted by molar-refractivity contribution is 0.0982. The van der Waals surface area contributed by atoms with Gasteiger partial charge in [0.15, 0.2) is 5.69 Å². The number of benzene rings is 2. The molecule has 1 aromatic heterocycles. The Labute approximate surface area is 153 Å². The second kappa shape index (κ2) is 8.25. The minimum atomic E-state index is -0.153. The van der Waals surface area contributed by atoms with Gasteiger partial charge >= 0.3 is 0 Å². The van der Waals surface area contributed by atoms with Crippen molar-refractivity contribution in [3.63, 3.8) is 0 Å². The summed E-state index contributed by atoms with van der Waals surface area (Å²) in [4.78, 5) is 14.5. The van der Waals surface area contributed by atoms with Crippen molar-refractivity contribution in [3.05, 3.63) is 83.6 Å². The number of nitrogens with zero attached hydrogens (tertiary/aromatic N) is 3. The average molecular weight is 346 g/mol. The van der Waals surface area contributed by atoms with Crippen LogP contribution in [0.15, 0.2) is 66.7 Å². The molecule has 0 spiro atoms. The molecule has 132 valence electrons. The number of rotatable bonds is 6. The van der Waals surface area contributed by atoms with E-state index < -0.39 is 0 Å². The highest BCUT2D eigenvalue weighted by atomic mass is 16.2. The molecule has 0 saturated carbocycles. The monoisotopic (exact) mass is 346 g/mol. The van der Waals surface area contributed by atoms with Crippen molar-refractivity contribution in [2.24, 2.45) is 0 Å². The zero-order valence-corrected chi connectivity index (χ0v) is 15.0. The number of nitrogens with one attached hydrogen (secondary N) is 1. The van der Waals surface area contributed by atoms with Crippen molar-refractivity contribution in [2.45, 2.75) is 20.4 Å². The summed E-state index contributed by atoms with van der Waals surface area (Å²) < 4.78 is 0. The first kappa shape index (κ1) is 17.6. The number of anilines is 2. The van der Waals surface area contributed by atoms with Crippen LogP contribution < -0.4 is 10.2 Å². The molecular formula is C21H22N4O. The SMILES string of the molecule is CCN(C(=O)c1ccc(NCc2ccccc2)nn1)c1cccc(C)c1. The van der Waals surface area contributed by atoms with Gasteiger partial charge in [-0.15, -0.1) is 10.2 Å². The van der Waals surface area contributed by atoms with E-state index in [0.717, 1.165) is 16.8 Å². The number of hydrogen-bond acceptors (Lipinski definition) is 4. The van der Waals surface area contributed by atoms with Crippen molar-refractivity contribution in [3.8, 4) is 0 Å². The molecule has 0 fully saturated rings. The van der Waals surface area contributed by atoms with Crippen LogP contribution in [0.3, 0.4) is 0 Å². The maximum atomic E-state index is 12.8. The van der Waals surface area contributed by atoms with E-state index in [4.69, 9.17) is 0 Å². The van der Waals surface area contributed by atoms with E-state index in [1.807, 2.05) is 68.4 Å². The zero-order valence-electron chi connectivity index (χ0n) is 15.0. The van der Waals surface area contributed by atoms with E-state index >= 15 is 0 Å². The summed E-state index contributed by atoms with van der Waals surface area (Å²) >= 11 is 0. The summed E-state index contributed by atoms with van der Waals surface area (Å²) in [6.07, 6.45) is 0. The first-order valence-corrected chi connectivity index (χ1v) is 8.67. The molecule has 3 rings (SSSR count). The molecule has 1 heterocycles. The highest BCUT2D eigenvalue weighted by Crippen LogP contribution is 2.18. The molecule has 26 heavy (non-hydrogen) atoms. The quantitative estimate of drug-likeness (QED) is 0.731. The molecule has 5 heteroatoms. The van der Waals surface area contributed by atoms with Gasteiger partial charge < -0.3 is 10.2 Å². The summed E-state index contributed by atoms with van der Waals surface area (Å²) in [6.45, 7) is 5.18. The maximum Gasteiger partial charge on any atom is 0.278 e. The molecule has 5 nitrogen and oxygen atoms in total. The Bertz CT molecular complexity index is 863. The van der Waals surface area contributed by atoms with Crippen molar-refractivity contribution >= 4 is 17.4 Å². The van der Waals surface area contributed by atoms with Crippen LogP contribution in [0.4, 0.5) is 11.5 Å². The second-order valence-corrected chi connectivity index (χ2v) is 6.03. The highest BCUT2D eigenvalue weighted by Gasteiger charge is 2.18. The second-order valence-electron chi connectivity index (χ2n) is 6.03. The molecule has 1 amide bonds. The fourth-order valence-electron chi connectivity index (χ4n) is 2.71. The number of hydrogen-bond donors (Lipinski definition) is 1. The molecule has 0 saturated heterocycles. The third-order valence-electron chi connectivity index (χ3n) is 4.07. The standard InChI is InChI=1S/C21H22N4O/c1-3-25(18-11-7-8-16(2)14-18)21(26)19-12-13-20(24-23-19)22-15-17-9-5-4-6-10-17/h4-14H,3,15H2,1-2H3,(H,22,24). The van der Waals surface area contributed by atoms with E-state index in [9.17, 15) is 4.79 Å². The van der Waals surface area contributed by atoms with Gasteiger partial charge in [0, 0.05) is 18.8 Å². The van der Waals surface area contributed by atoms with Crippen molar-refractivity contribution < 1.29 is 4.79 Å². The lowest BCUT2D eigenvalue weighted by atomic mass is 10.2. The van der Waals surface area contributed by atoms with Gasteiger partial charge in [0.1, 0.15) is 5.82 Å². The van der Waals surface area contributed by atoms with Gasteiger partial charge in [0.2, 0.25) is 0 Å². The summed E-state index contributed by atoms with van der Waals surface area (Å²) in [5.41, 5.74) is 3.47. The first-order chi connectivity index (χ1) is 12.7. The third-order valence-corrected chi connectivity index (χ3v) is 4.07. The Morgan fingerprint density at radius 1 is 1.00 bits per heavy atom. The molecule has 1 N–H and O–H groups in total. The van der Waals surface area contributed by atoms with Gasteiger partial charge in [-0.1, -0.05) is 42.5 Å². The van der Waals surface area contributed by atoms with E-state index in [-0.39, 0.29) is 5.91 Å². The predicted molar refractivity (Wildman–Crippen MR) is 104 cm³/mol. The Morgan fingerprint density at radius 3 is 2.46 bits per heavy atom. The minimum Gasteiger partial charge on any atom is -0.365 e. The van der Waals surface area contributed by atoms with Crippen LogP contribution in [0, 0.1) is 6.92 Å². The van der Waals surface area contributed by atoms with Crippen LogP contribution in [-0.4, -0.2) is 22.6 Å². The zero-order chi connectivity index (χ0) is 18.4. The summed E-state index contributed by atoms with van der Waals surface area (Å²) in [6, 6.07) is 21.4. The van der Waals surface area contributed by atoms with E-state index in [2.05, 4.69) is 15.5 Å². The van der Waals surface area contributed by atoms with Crippen molar-refractivity contribution in [2.75, 3.05) is 16.8 Å². The summed E-state index contributed by atoms with van der Waals surface area (Å²) in [7, 11) is 0. The van der Waals surface area contributed by atoms with Crippen LogP contribution in [-0.2, 0) is 6.54 Å². The van der Waals surface area contributed by atoms with Gasteiger partial charge in [0.25, 0.3) is 5.91 Å². The van der Waals surface area contributed by atoms with Gasteiger partial charge in [-0.05, 0) is 49.2 Å². The Balaban J connectivity index is 1.69. The van der Waals surface area contributed by atoms with Crippen LogP contribution in [0.5, 0.6) is 0 Å². The van der Waals surface area contributed by atoms with Crippen LogP contribution in [0.2, 0.25) is 0 Å². The lowest BCUT2D eigenvalue weighted by Crippen LogP contribution is -2.31. The Morgan fingerprint density at radius 2 is 1.81 bits per heavy atom. The number of amides is 1. The normalized spacial score (nSPS) is 10.4. The van der Waals surface area contributed by atoms with Gasteiger partial charge in [-0.2, -0.15) is 0 Å². The van der Waals surface area contributed by atoms with Crippen molar-refractivity contribution in [1.82, 2.24) is 10.2 Å². The third kappa shape index (κ3) is 4.25. The van der Waals surface area contributed by atoms with Crippen molar-refractivity contribution in [1.29, 1.82) is 0 Å². The number of aromatic nitrogens is 2. The first-order valence-electron chi connectivity index (χ1n) is 8.67. The largest absolute Gasteiger partial charge is 0.365 e. The summed E-state index contributed by atoms with van der Waals surface area (Å²) in [5.74, 6) is 0.490. The molecule has 0 aliphatic heterocycles. The van der Waals surface area contributed by atoms with E-state index in [0.29, 0.717) is 24.6 Å². The highest BCUT2D eigenvalue weighted by molar-refractivity contribution is 6.04. The fraction of sp³-hybridized carbons (Fsp3) is 0.190. The van der Waals surface area contributed by atoms with E-state index in [1.165, 1.54) is 0 Å². The molecule has 0 aliphatic rings. The molecule has 0 atom stereocenters. The van der Waals surface area contributed by atoms with Crippen LogP contribution >= 0.6 is 0 Å². The smallest absolute Gasteiger partial charge is 0.278 e. The van der Waals surface area contributed by atoms with Crippen LogP contribution in [0.1, 0.15) is 28.5 Å². The van der Waals surface area contributed by atoms with Gasteiger partial charge in [-0.25, -0.2) is 0 Å².